The fourth-order valence-electron chi connectivity index (χ4n) is 2.86. The van der Waals surface area contributed by atoms with Gasteiger partial charge in [-0.3, -0.25) is 4.79 Å². The summed E-state index contributed by atoms with van der Waals surface area (Å²) in [5.74, 6) is 0.869. The highest BCUT2D eigenvalue weighted by Gasteiger charge is 2.19. The van der Waals surface area contributed by atoms with Gasteiger partial charge in [-0.2, -0.15) is 0 Å². The molecule has 1 amide bonds. The number of aryl methyl sites for hydroxylation is 1. The van der Waals surface area contributed by atoms with Crippen LogP contribution in [-0.4, -0.2) is 22.1 Å². The summed E-state index contributed by atoms with van der Waals surface area (Å²) in [6.45, 7) is 2.73. The number of halogens is 1. The molecule has 1 aromatic heterocycles. The number of imidazole rings is 1. The van der Waals surface area contributed by atoms with E-state index in [1.807, 2.05) is 35.9 Å². The van der Waals surface area contributed by atoms with Gasteiger partial charge in [0.05, 0.1) is 6.61 Å². The number of hydrogen-bond donors (Lipinski definition) is 1. The van der Waals surface area contributed by atoms with E-state index in [4.69, 9.17) is 4.74 Å². The first kappa shape index (κ1) is 20.3. The van der Waals surface area contributed by atoms with Gasteiger partial charge in [0.15, 0.2) is 0 Å². The lowest BCUT2D eigenvalue weighted by Gasteiger charge is -2.18. The number of aromatic nitrogens is 2. The van der Waals surface area contributed by atoms with Gasteiger partial charge in [0.2, 0.25) is 5.91 Å². The maximum Gasteiger partial charge on any atom is 0.244 e. The lowest BCUT2D eigenvalue weighted by molar-refractivity contribution is -0.117. The predicted octanol–water partition coefficient (Wildman–Crippen LogP) is 4.27. The Labute approximate surface area is 169 Å². The largest absolute Gasteiger partial charge is 0.494 e. The standard InChI is InChI=1S/C23H24FN3O2/c1-3-16-29-20-11-4-17(5-12-20)6-13-21(28)26-22(23-25-14-15-27(23)2)18-7-9-19(24)10-8-18/h4-15,22H,3,16H2,1-2H3,(H,26,28). The molecule has 1 heterocycles. The van der Waals surface area contributed by atoms with E-state index in [1.165, 1.54) is 18.2 Å². The van der Waals surface area contributed by atoms with Gasteiger partial charge >= 0.3 is 0 Å². The average Bonchev–Trinajstić information content (AvgIpc) is 3.16. The van der Waals surface area contributed by atoms with Crippen molar-refractivity contribution in [3.63, 3.8) is 0 Å². The smallest absolute Gasteiger partial charge is 0.244 e. The van der Waals surface area contributed by atoms with E-state index in [0.29, 0.717) is 12.4 Å². The Balaban J connectivity index is 1.72. The van der Waals surface area contributed by atoms with Crippen molar-refractivity contribution in [1.82, 2.24) is 14.9 Å². The highest BCUT2D eigenvalue weighted by atomic mass is 19.1. The number of carbonyl (C=O) groups is 1. The SMILES string of the molecule is CCCOc1ccc(C=CC(=O)NC(c2ccc(F)cc2)c2nccn2C)cc1. The van der Waals surface area contributed by atoms with E-state index >= 15 is 0 Å². The molecule has 1 unspecified atom stereocenters. The average molecular weight is 393 g/mol. The second kappa shape index (κ2) is 9.68. The minimum Gasteiger partial charge on any atom is -0.494 e. The molecule has 150 valence electrons. The zero-order chi connectivity index (χ0) is 20.6. The summed E-state index contributed by atoms with van der Waals surface area (Å²) >= 11 is 0. The number of rotatable bonds is 8. The molecule has 29 heavy (non-hydrogen) atoms. The molecule has 2 aromatic carbocycles. The Hall–Kier alpha value is -3.41. The molecule has 0 saturated heterocycles. The normalized spacial score (nSPS) is 12.1. The molecule has 3 aromatic rings. The first-order valence-electron chi connectivity index (χ1n) is 9.51. The first-order valence-corrected chi connectivity index (χ1v) is 9.51. The fourth-order valence-corrected chi connectivity index (χ4v) is 2.86. The van der Waals surface area contributed by atoms with Crippen LogP contribution in [0.5, 0.6) is 5.75 Å². The molecule has 0 fully saturated rings. The van der Waals surface area contributed by atoms with Crippen molar-refractivity contribution in [1.29, 1.82) is 0 Å². The molecule has 1 atom stereocenters. The van der Waals surface area contributed by atoms with Crippen LogP contribution in [0, 0.1) is 5.82 Å². The zero-order valence-electron chi connectivity index (χ0n) is 16.5. The van der Waals surface area contributed by atoms with E-state index in [0.717, 1.165) is 23.3 Å². The number of ether oxygens (including phenoxy) is 1. The van der Waals surface area contributed by atoms with Gasteiger partial charge in [-0.05, 0) is 47.9 Å². The Morgan fingerprint density at radius 2 is 1.93 bits per heavy atom. The molecule has 0 aliphatic carbocycles. The van der Waals surface area contributed by atoms with E-state index in [1.54, 1.807) is 30.6 Å². The fraction of sp³-hybridized carbons (Fsp3) is 0.217. The Kier molecular flexibility index (Phi) is 6.79. The third-order valence-electron chi connectivity index (χ3n) is 4.39. The molecule has 5 nitrogen and oxygen atoms in total. The van der Waals surface area contributed by atoms with Crippen LogP contribution in [0.25, 0.3) is 6.08 Å². The van der Waals surface area contributed by atoms with Crippen LogP contribution in [-0.2, 0) is 11.8 Å². The number of nitrogens with zero attached hydrogens (tertiary/aromatic N) is 2. The van der Waals surface area contributed by atoms with E-state index < -0.39 is 6.04 Å². The monoisotopic (exact) mass is 393 g/mol. The van der Waals surface area contributed by atoms with Gasteiger partial charge in [-0.1, -0.05) is 31.2 Å². The van der Waals surface area contributed by atoms with Gasteiger partial charge in [0, 0.05) is 25.5 Å². The van der Waals surface area contributed by atoms with Crippen LogP contribution in [0.1, 0.15) is 36.3 Å². The Morgan fingerprint density at radius 1 is 1.21 bits per heavy atom. The van der Waals surface area contributed by atoms with Crippen LogP contribution in [0.2, 0.25) is 0 Å². The summed E-state index contributed by atoms with van der Waals surface area (Å²) in [6, 6.07) is 13.1. The second-order valence-corrected chi connectivity index (χ2v) is 6.64. The van der Waals surface area contributed by atoms with E-state index in [9.17, 15) is 9.18 Å². The van der Waals surface area contributed by atoms with Gasteiger partial charge in [-0.15, -0.1) is 0 Å². The lowest BCUT2D eigenvalue weighted by Crippen LogP contribution is -2.29. The van der Waals surface area contributed by atoms with Crippen molar-refractivity contribution in [3.05, 3.63) is 89.8 Å². The van der Waals surface area contributed by atoms with Gasteiger partial charge in [0.25, 0.3) is 0 Å². The van der Waals surface area contributed by atoms with Crippen molar-refractivity contribution in [3.8, 4) is 5.75 Å². The van der Waals surface area contributed by atoms with Crippen molar-refractivity contribution < 1.29 is 13.9 Å². The predicted molar refractivity (Wildman–Crippen MR) is 111 cm³/mol. The van der Waals surface area contributed by atoms with Crippen molar-refractivity contribution in [2.45, 2.75) is 19.4 Å². The highest BCUT2D eigenvalue weighted by Crippen LogP contribution is 2.21. The number of amides is 1. The molecule has 0 spiro atoms. The number of benzene rings is 2. The molecule has 0 aliphatic heterocycles. The van der Waals surface area contributed by atoms with Gasteiger partial charge in [-0.25, -0.2) is 9.37 Å². The number of carbonyl (C=O) groups excluding carboxylic acids is 1. The molecule has 0 saturated carbocycles. The topological polar surface area (TPSA) is 56.1 Å². The summed E-state index contributed by atoms with van der Waals surface area (Å²) in [7, 11) is 1.85. The maximum absolute atomic E-state index is 13.3. The van der Waals surface area contributed by atoms with Crippen LogP contribution in [0.3, 0.4) is 0 Å². The van der Waals surface area contributed by atoms with Crippen LogP contribution in [0.4, 0.5) is 4.39 Å². The summed E-state index contributed by atoms with van der Waals surface area (Å²) in [4.78, 5) is 16.9. The van der Waals surface area contributed by atoms with E-state index in [2.05, 4.69) is 17.2 Å². The molecule has 1 N–H and O–H groups in total. The minimum absolute atomic E-state index is 0.270. The second-order valence-electron chi connectivity index (χ2n) is 6.64. The highest BCUT2D eigenvalue weighted by molar-refractivity contribution is 5.92. The van der Waals surface area contributed by atoms with Crippen LogP contribution < -0.4 is 10.1 Å². The molecule has 0 radical (unpaired) electrons. The van der Waals surface area contributed by atoms with Crippen molar-refractivity contribution in [2.75, 3.05) is 6.61 Å². The molecule has 6 heteroatoms. The zero-order valence-corrected chi connectivity index (χ0v) is 16.5. The third-order valence-corrected chi connectivity index (χ3v) is 4.39. The molecule has 3 rings (SSSR count). The maximum atomic E-state index is 13.3. The van der Waals surface area contributed by atoms with E-state index in [-0.39, 0.29) is 11.7 Å². The summed E-state index contributed by atoms with van der Waals surface area (Å²) in [6.07, 6.45) is 7.62. The molecule has 0 bridgehead atoms. The van der Waals surface area contributed by atoms with Gasteiger partial charge < -0.3 is 14.6 Å². The van der Waals surface area contributed by atoms with Crippen molar-refractivity contribution >= 4 is 12.0 Å². The minimum atomic E-state index is -0.488. The molecular formula is C23H24FN3O2. The summed E-state index contributed by atoms with van der Waals surface area (Å²) in [5, 5.41) is 2.95. The molecular weight excluding hydrogens is 369 g/mol. The Morgan fingerprint density at radius 3 is 2.55 bits per heavy atom. The Bertz CT molecular complexity index is 963. The number of hydrogen-bond acceptors (Lipinski definition) is 3. The summed E-state index contributed by atoms with van der Waals surface area (Å²) in [5.41, 5.74) is 1.64. The van der Waals surface area contributed by atoms with Crippen LogP contribution >= 0.6 is 0 Å². The summed E-state index contributed by atoms with van der Waals surface area (Å²) < 4.78 is 20.7. The van der Waals surface area contributed by atoms with Crippen molar-refractivity contribution in [2.24, 2.45) is 7.05 Å². The number of nitrogens with one attached hydrogen (secondary N) is 1. The molecule has 0 aliphatic rings. The lowest BCUT2D eigenvalue weighted by atomic mass is 10.1. The first-order chi connectivity index (χ1) is 14.1. The quantitative estimate of drug-likeness (QED) is 0.582. The third kappa shape index (κ3) is 5.54. The van der Waals surface area contributed by atoms with Gasteiger partial charge in [0.1, 0.15) is 23.4 Å². The van der Waals surface area contributed by atoms with Crippen LogP contribution in [0.15, 0.2) is 67.0 Å².